The van der Waals surface area contributed by atoms with Gasteiger partial charge in [-0.05, 0) is 40.1 Å². The maximum atomic E-state index is 6.13. The van der Waals surface area contributed by atoms with Gasteiger partial charge in [-0.3, -0.25) is 0 Å². The van der Waals surface area contributed by atoms with Crippen molar-refractivity contribution in [1.29, 1.82) is 0 Å². The highest BCUT2D eigenvalue weighted by molar-refractivity contribution is 6.62. The predicted molar refractivity (Wildman–Crippen MR) is 89.1 cm³/mol. The molecule has 2 aromatic rings. The third-order valence-corrected chi connectivity index (χ3v) is 4.89. The van der Waals surface area contributed by atoms with E-state index in [9.17, 15) is 0 Å². The van der Waals surface area contributed by atoms with Gasteiger partial charge in [0.05, 0.1) is 11.2 Å². The van der Waals surface area contributed by atoms with Gasteiger partial charge in [0.25, 0.3) is 0 Å². The van der Waals surface area contributed by atoms with Crippen molar-refractivity contribution in [1.82, 2.24) is 9.55 Å². The van der Waals surface area contributed by atoms with Gasteiger partial charge in [-0.15, -0.1) is 0 Å². The minimum atomic E-state index is -0.341. The van der Waals surface area contributed by atoms with Crippen LogP contribution in [-0.2, 0) is 16.4 Å². The zero-order chi connectivity index (χ0) is 16.1. The van der Waals surface area contributed by atoms with Crippen LogP contribution < -0.4 is 5.46 Å². The maximum absolute atomic E-state index is 6.13. The van der Waals surface area contributed by atoms with E-state index >= 15 is 0 Å². The fourth-order valence-electron chi connectivity index (χ4n) is 2.57. The van der Waals surface area contributed by atoms with Crippen LogP contribution in [0.5, 0.6) is 0 Å². The van der Waals surface area contributed by atoms with Crippen LogP contribution in [0.2, 0.25) is 0 Å². The molecule has 0 unspecified atom stereocenters. The van der Waals surface area contributed by atoms with Gasteiger partial charge in [0.1, 0.15) is 5.82 Å². The molecule has 0 spiro atoms. The van der Waals surface area contributed by atoms with Crippen LogP contribution in [0.1, 0.15) is 33.4 Å². The van der Waals surface area contributed by atoms with Gasteiger partial charge in [-0.2, -0.15) is 0 Å². The van der Waals surface area contributed by atoms with E-state index in [1.54, 1.807) is 0 Å². The van der Waals surface area contributed by atoms with Crippen molar-refractivity contribution in [3.05, 3.63) is 36.2 Å². The van der Waals surface area contributed by atoms with Gasteiger partial charge >= 0.3 is 7.12 Å². The first-order valence-electron chi connectivity index (χ1n) is 7.65. The molecule has 0 amide bonds. The molecule has 1 aromatic carbocycles. The maximum Gasteiger partial charge on any atom is 0.494 e. The number of aromatic nitrogens is 2. The molecule has 0 aliphatic carbocycles. The summed E-state index contributed by atoms with van der Waals surface area (Å²) in [4.78, 5) is 4.49. The Bertz CT molecular complexity index is 690. The Hall–Kier alpha value is -1.59. The van der Waals surface area contributed by atoms with Crippen molar-refractivity contribution in [3.63, 3.8) is 0 Å². The molecule has 1 aromatic heterocycles. The smallest absolute Gasteiger partial charge is 0.399 e. The molecule has 0 saturated carbocycles. The molecule has 1 saturated heterocycles. The lowest BCUT2D eigenvalue weighted by Gasteiger charge is -2.32. The van der Waals surface area contributed by atoms with E-state index in [0.29, 0.717) is 0 Å². The molecule has 0 bridgehead atoms. The molecule has 22 heavy (non-hydrogen) atoms. The standard InChI is InChI=1S/C17H23BN2O2/c1-12-11-19-15(20(12)6)13-8-7-9-14(10-13)18-21-16(2,3)17(4,5)22-18/h7-11H,1-6H3. The summed E-state index contributed by atoms with van der Waals surface area (Å²) >= 11 is 0. The molecule has 0 radical (unpaired) electrons. The van der Waals surface area contributed by atoms with E-state index in [1.807, 2.05) is 25.4 Å². The Kier molecular flexibility index (Phi) is 3.46. The second-order valence-electron chi connectivity index (χ2n) is 7.00. The Labute approximate surface area is 132 Å². The Morgan fingerprint density at radius 2 is 1.73 bits per heavy atom. The molecular weight excluding hydrogens is 275 g/mol. The largest absolute Gasteiger partial charge is 0.494 e. The second kappa shape index (κ2) is 4.96. The molecule has 1 aliphatic rings. The highest BCUT2D eigenvalue weighted by atomic mass is 16.7. The second-order valence-corrected chi connectivity index (χ2v) is 7.00. The molecule has 0 N–H and O–H groups in total. The highest BCUT2D eigenvalue weighted by Crippen LogP contribution is 2.36. The first-order chi connectivity index (χ1) is 10.2. The molecule has 2 heterocycles. The van der Waals surface area contributed by atoms with Crippen molar-refractivity contribution in [2.45, 2.75) is 45.8 Å². The fourth-order valence-corrected chi connectivity index (χ4v) is 2.57. The van der Waals surface area contributed by atoms with E-state index in [0.717, 1.165) is 22.5 Å². The summed E-state index contributed by atoms with van der Waals surface area (Å²) in [6.45, 7) is 10.3. The lowest BCUT2D eigenvalue weighted by atomic mass is 9.78. The van der Waals surface area contributed by atoms with Crippen LogP contribution in [0.15, 0.2) is 30.5 Å². The quantitative estimate of drug-likeness (QED) is 0.800. The lowest BCUT2D eigenvalue weighted by Crippen LogP contribution is -2.41. The first kappa shape index (κ1) is 15.3. The summed E-state index contributed by atoms with van der Waals surface area (Å²) in [6, 6.07) is 8.24. The lowest BCUT2D eigenvalue weighted by molar-refractivity contribution is 0.00578. The molecule has 1 fully saturated rings. The molecule has 116 valence electrons. The van der Waals surface area contributed by atoms with Crippen LogP contribution in [0.4, 0.5) is 0 Å². The van der Waals surface area contributed by atoms with Gasteiger partial charge in [0, 0.05) is 24.5 Å². The minimum absolute atomic E-state index is 0.326. The number of imidazole rings is 1. The van der Waals surface area contributed by atoms with Crippen LogP contribution in [0.3, 0.4) is 0 Å². The molecule has 5 heteroatoms. The first-order valence-corrected chi connectivity index (χ1v) is 7.65. The molecular formula is C17H23BN2O2. The number of benzene rings is 1. The normalized spacial score (nSPS) is 19.6. The Balaban J connectivity index is 1.95. The van der Waals surface area contributed by atoms with E-state index in [-0.39, 0.29) is 18.3 Å². The number of hydrogen-bond acceptors (Lipinski definition) is 3. The van der Waals surface area contributed by atoms with Crippen LogP contribution in [0.25, 0.3) is 11.4 Å². The average Bonchev–Trinajstić information content (AvgIpc) is 2.88. The zero-order valence-electron chi connectivity index (χ0n) is 14.2. The number of rotatable bonds is 2. The van der Waals surface area contributed by atoms with Crippen molar-refractivity contribution in [2.24, 2.45) is 7.05 Å². The van der Waals surface area contributed by atoms with Gasteiger partial charge in [-0.1, -0.05) is 24.3 Å². The number of aryl methyl sites for hydroxylation is 1. The topological polar surface area (TPSA) is 36.3 Å². The summed E-state index contributed by atoms with van der Waals surface area (Å²) < 4.78 is 14.3. The number of nitrogens with zero attached hydrogens (tertiary/aromatic N) is 2. The molecule has 0 atom stereocenters. The third-order valence-electron chi connectivity index (χ3n) is 4.89. The minimum Gasteiger partial charge on any atom is -0.399 e. The summed E-state index contributed by atoms with van der Waals surface area (Å²) in [5.41, 5.74) is 2.58. The molecule has 3 rings (SSSR count). The van der Waals surface area contributed by atoms with Gasteiger partial charge in [0.2, 0.25) is 0 Å². The van der Waals surface area contributed by atoms with Crippen LogP contribution in [0, 0.1) is 6.92 Å². The monoisotopic (exact) mass is 298 g/mol. The SMILES string of the molecule is Cc1cnc(-c2cccc(B3OC(C)(C)C(C)(C)O3)c2)n1C. The fraction of sp³-hybridized carbons (Fsp3) is 0.471. The summed E-state index contributed by atoms with van der Waals surface area (Å²) in [5.74, 6) is 0.955. The summed E-state index contributed by atoms with van der Waals surface area (Å²) in [6.07, 6.45) is 1.89. The molecule has 4 nitrogen and oxygen atoms in total. The molecule has 1 aliphatic heterocycles. The van der Waals surface area contributed by atoms with Gasteiger partial charge in [-0.25, -0.2) is 4.98 Å². The summed E-state index contributed by atoms with van der Waals surface area (Å²) in [5, 5.41) is 0. The number of hydrogen-bond donors (Lipinski definition) is 0. The van der Waals surface area contributed by atoms with Gasteiger partial charge < -0.3 is 13.9 Å². The van der Waals surface area contributed by atoms with Crippen LogP contribution >= 0.6 is 0 Å². The van der Waals surface area contributed by atoms with E-state index in [2.05, 4.69) is 56.3 Å². The van der Waals surface area contributed by atoms with E-state index in [1.165, 1.54) is 0 Å². The zero-order valence-corrected chi connectivity index (χ0v) is 14.2. The van der Waals surface area contributed by atoms with Gasteiger partial charge in [0.15, 0.2) is 0 Å². The summed E-state index contributed by atoms with van der Waals surface area (Å²) in [7, 11) is 1.69. The van der Waals surface area contributed by atoms with Crippen molar-refractivity contribution < 1.29 is 9.31 Å². The van der Waals surface area contributed by atoms with Crippen LogP contribution in [-0.4, -0.2) is 27.9 Å². The van der Waals surface area contributed by atoms with Crippen molar-refractivity contribution in [2.75, 3.05) is 0 Å². The van der Waals surface area contributed by atoms with E-state index in [4.69, 9.17) is 9.31 Å². The predicted octanol–water partition coefficient (Wildman–Crippen LogP) is 2.69. The van der Waals surface area contributed by atoms with Crippen molar-refractivity contribution >= 4 is 12.6 Å². The third kappa shape index (κ3) is 2.38. The Morgan fingerprint density at radius 1 is 1.09 bits per heavy atom. The average molecular weight is 298 g/mol. The van der Waals surface area contributed by atoms with E-state index < -0.39 is 0 Å². The Morgan fingerprint density at radius 3 is 2.27 bits per heavy atom. The highest BCUT2D eigenvalue weighted by Gasteiger charge is 2.51. The van der Waals surface area contributed by atoms with Crippen molar-refractivity contribution in [3.8, 4) is 11.4 Å².